The normalized spacial score (nSPS) is 8.64. The zero-order valence-corrected chi connectivity index (χ0v) is 5.61. The first-order valence-electron chi connectivity index (χ1n) is 2.90. The Balaban J connectivity index is 3.03. The lowest BCUT2D eigenvalue weighted by atomic mass is 10.2. The molecule has 0 unspecified atom stereocenters. The summed E-state index contributed by atoms with van der Waals surface area (Å²) in [6.45, 7) is 0. The van der Waals surface area contributed by atoms with Gasteiger partial charge in [-0.2, -0.15) is 5.26 Å². The lowest BCUT2D eigenvalue weighted by Crippen LogP contribution is -2.10. The quantitative estimate of drug-likeness (QED) is 0.609. The van der Waals surface area contributed by atoms with Crippen LogP contribution in [0.25, 0.3) is 0 Å². The van der Waals surface area contributed by atoms with Gasteiger partial charge in [0.2, 0.25) is 5.91 Å². The van der Waals surface area contributed by atoms with Crippen LogP contribution in [0.4, 0.5) is 0 Å². The van der Waals surface area contributed by atoms with E-state index in [4.69, 9.17) is 11.0 Å². The van der Waals surface area contributed by atoms with Gasteiger partial charge in [-0.15, -0.1) is 0 Å². The largest absolute Gasteiger partial charge is 0.366 e. The molecule has 2 N–H and O–H groups in total. The minimum atomic E-state index is -0.540. The van der Waals surface area contributed by atoms with Crippen LogP contribution in [0.15, 0.2) is 18.3 Å². The number of hydrogen-bond donors (Lipinski definition) is 1. The molecule has 0 fully saturated rings. The summed E-state index contributed by atoms with van der Waals surface area (Å²) in [7, 11) is 0. The highest BCUT2D eigenvalue weighted by Crippen LogP contribution is 1.97. The van der Waals surface area contributed by atoms with Crippen molar-refractivity contribution in [2.75, 3.05) is 0 Å². The number of nitrogens with zero attached hydrogens (tertiary/aromatic N) is 2. The van der Waals surface area contributed by atoms with Gasteiger partial charge in [0, 0.05) is 6.20 Å². The van der Waals surface area contributed by atoms with Gasteiger partial charge in [-0.25, -0.2) is 4.98 Å². The lowest BCUT2D eigenvalue weighted by Gasteiger charge is -1.91. The molecule has 0 aliphatic heterocycles. The third-order valence-electron chi connectivity index (χ3n) is 1.16. The summed E-state index contributed by atoms with van der Waals surface area (Å²) in [5.41, 5.74) is 5.53. The summed E-state index contributed by atoms with van der Waals surface area (Å²) in [6.07, 6.45) is 1.28. The van der Waals surface area contributed by atoms with Crippen LogP contribution in [-0.2, 0) is 0 Å². The summed E-state index contributed by atoms with van der Waals surface area (Å²) in [5.74, 6) is -0.540. The highest BCUT2D eigenvalue weighted by Gasteiger charge is 1.98. The van der Waals surface area contributed by atoms with E-state index < -0.39 is 5.91 Å². The summed E-state index contributed by atoms with van der Waals surface area (Å²) in [4.78, 5) is 14.2. The first kappa shape index (κ1) is 7.22. The molecule has 0 radical (unpaired) electrons. The van der Waals surface area contributed by atoms with Crippen LogP contribution in [0.1, 0.15) is 16.1 Å². The molecule has 0 aliphatic carbocycles. The number of hydrogen-bond acceptors (Lipinski definition) is 3. The van der Waals surface area contributed by atoms with Crippen molar-refractivity contribution in [2.45, 2.75) is 0 Å². The van der Waals surface area contributed by atoms with E-state index in [2.05, 4.69) is 4.98 Å². The van der Waals surface area contributed by atoms with E-state index in [1.54, 1.807) is 0 Å². The van der Waals surface area contributed by atoms with E-state index in [0.29, 0.717) is 5.56 Å². The van der Waals surface area contributed by atoms with E-state index >= 15 is 0 Å². The van der Waals surface area contributed by atoms with Crippen molar-refractivity contribution in [1.29, 1.82) is 5.26 Å². The van der Waals surface area contributed by atoms with Crippen molar-refractivity contribution in [3.8, 4) is 6.07 Å². The molecule has 0 saturated heterocycles. The number of amides is 1. The average Bonchev–Trinajstić information content (AvgIpc) is 2.05. The molecule has 1 amide bonds. The zero-order chi connectivity index (χ0) is 8.27. The van der Waals surface area contributed by atoms with E-state index in [9.17, 15) is 4.79 Å². The molecule has 0 aromatic carbocycles. The molecule has 0 aliphatic rings. The molecule has 0 atom stereocenters. The highest BCUT2D eigenvalue weighted by atomic mass is 16.1. The fraction of sp³-hybridized carbons (Fsp3) is 0. The van der Waals surface area contributed by atoms with E-state index in [0.717, 1.165) is 0 Å². The highest BCUT2D eigenvalue weighted by molar-refractivity contribution is 5.92. The van der Waals surface area contributed by atoms with Gasteiger partial charge in [0.15, 0.2) is 0 Å². The molecule has 0 bridgehead atoms. The summed E-state index contributed by atoms with van der Waals surface area (Å²) < 4.78 is 0. The molecule has 0 saturated carbocycles. The predicted octanol–water partition coefficient (Wildman–Crippen LogP) is 0.0522. The van der Waals surface area contributed by atoms with Gasteiger partial charge in [0.1, 0.15) is 11.8 Å². The van der Waals surface area contributed by atoms with Crippen LogP contribution in [0.3, 0.4) is 0 Å². The van der Waals surface area contributed by atoms with Crippen LogP contribution < -0.4 is 5.73 Å². The Morgan fingerprint density at radius 3 is 2.73 bits per heavy atom. The molecule has 4 nitrogen and oxygen atoms in total. The van der Waals surface area contributed by atoms with E-state index in [-0.39, 0.29) is 5.69 Å². The van der Waals surface area contributed by atoms with Gasteiger partial charge in [-0.1, -0.05) is 0 Å². The second-order valence-corrected chi connectivity index (χ2v) is 1.91. The van der Waals surface area contributed by atoms with Crippen molar-refractivity contribution in [3.05, 3.63) is 29.6 Å². The second-order valence-electron chi connectivity index (χ2n) is 1.91. The molecule has 11 heavy (non-hydrogen) atoms. The maximum atomic E-state index is 10.5. The molecule has 1 aromatic rings. The van der Waals surface area contributed by atoms with Gasteiger partial charge < -0.3 is 5.73 Å². The average molecular weight is 147 g/mol. The molecule has 4 heteroatoms. The summed E-state index contributed by atoms with van der Waals surface area (Å²) in [6, 6.07) is 4.74. The fourth-order valence-electron chi connectivity index (χ4n) is 0.606. The first-order valence-corrected chi connectivity index (χ1v) is 2.90. The summed E-state index contributed by atoms with van der Waals surface area (Å²) in [5, 5.41) is 8.34. The number of aromatic nitrogens is 1. The Morgan fingerprint density at radius 2 is 2.36 bits per heavy atom. The monoisotopic (exact) mass is 147 g/mol. The smallest absolute Gasteiger partial charge is 0.250 e. The standard InChI is InChI=1S/C7H5N3O/c8-3-6-2-1-5(4-10-6)7(9)11/h1-2,4H,(H2,9,11). The van der Waals surface area contributed by atoms with Crippen molar-refractivity contribution < 1.29 is 4.79 Å². The van der Waals surface area contributed by atoms with Crippen LogP contribution in [-0.4, -0.2) is 10.9 Å². The van der Waals surface area contributed by atoms with Gasteiger partial charge in [0.25, 0.3) is 0 Å². The lowest BCUT2D eigenvalue weighted by molar-refractivity contribution is 0.1000. The van der Waals surface area contributed by atoms with Crippen molar-refractivity contribution >= 4 is 5.91 Å². The molecule has 54 valence electrons. The minimum absolute atomic E-state index is 0.273. The van der Waals surface area contributed by atoms with E-state index in [1.807, 2.05) is 6.07 Å². The Bertz CT molecular complexity index is 309. The van der Waals surface area contributed by atoms with Gasteiger partial charge >= 0.3 is 0 Å². The van der Waals surface area contributed by atoms with E-state index in [1.165, 1.54) is 18.3 Å². The third-order valence-corrected chi connectivity index (χ3v) is 1.16. The molecule has 1 heterocycles. The SMILES string of the molecule is N#Cc1ccc(C(N)=O)cn1. The number of rotatable bonds is 1. The van der Waals surface area contributed by atoms with Crippen molar-refractivity contribution in [3.63, 3.8) is 0 Å². The molecular weight excluding hydrogens is 142 g/mol. The van der Waals surface area contributed by atoms with Crippen molar-refractivity contribution in [2.24, 2.45) is 5.73 Å². The Labute approximate surface area is 63.3 Å². The number of carbonyl (C=O) groups excluding carboxylic acids is 1. The first-order chi connectivity index (χ1) is 5.24. The van der Waals surface area contributed by atoms with Crippen LogP contribution in [0.2, 0.25) is 0 Å². The zero-order valence-electron chi connectivity index (χ0n) is 5.61. The molecular formula is C7H5N3O. The fourth-order valence-corrected chi connectivity index (χ4v) is 0.606. The van der Waals surface area contributed by atoms with Gasteiger partial charge in [-0.3, -0.25) is 4.79 Å². The van der Waals surface area contributed by atoms with Crippen LogP contribution in [0.5, 0.6) is 0 Å². The van der Waals surface area contributed by atoms with Crippen molar-refractivity contribution in [1.82, 2.24) is 4.98 Å². The predicted molar refractivity (Wildman–Crippen MR) is 37.5 cm³/mol. The second kappa shape index (κ2) is 2.80. The van der Waals surface area contributed by atoms with Gasteiger partial charge in [-0.05, 0) is 12.1 Å². The molecule has 1 rings (SSSR count). The Hall–Kier alpha value is -1.89. The third kappa shape index (κ3) is 1.52. The summed E-state index contributed by atoms with van der Waals surface area (Å²) >= 11 is 0. The maximum absolute atomic E-state index is 10.5. The van der Waals surface area contributed by atoms with Crippen LogP contribution in [0, 0.1) is 11.3 Å². The van der Waals surface area contributed by atoms with Crippen LogP contribution >= 0.6 is 0 Å². The molecule has 0 spiro atoms. The number of nitriles is 1. The Morgan fingerprint density at radius 1 is 1.64 bits per heavy atom. The Kier molecular flexibility index (Phi) is 1.83. The maximum Gasteiger partial charge on any atom is 0.250 e. The number of primary amides is 1. The number of pyridine rings is 1. The number of carbonyl (C=O) groups is 1. The number of nitrogens with two attached hydrogens (primary N) is 1. The van der Waals surface area contributed by atoms with Gasteiger partial charge in [0.05, 0.1) is 5.56 Å². The minimum Gasteiger partial charge on any atom is -0.366 e. The topological polar surface area (TPSA) is 79.8 Å². The molecule has 1 aromatic heterocycles.